The molecule has 20 heavy (non-hydrogen) atoms. The molecule has 1 heterocycles. The van der Waals surface area contributed by atoms with E-state index in [1.165, 1.54) is 0 Å². The average molecular weight is 280 g/mol. The van der Waals surface area contributed by atoms with Gasteiger partial charge in [0, 0.05) is 30.4 Å². The van der Waals surface area contributed by atoms with E-state index in [0.29, 0.717) is 30.2 Å². The number of carbonyl (C=O) groups is 1. The Labute approximate surface area is 118 Å². The molecule has 6 heteroatoms. The lowest BCUT2D eigenvalue weighted by molar-refractivity contribution is -0.126. The van der Waals surface area contributed by atoms with E-state index in [4.69, 9.17) is 19.9 Å². The van der Waals surface area contributed by atoms with Crippen molar-refractivity contribution in [1.29, 1.82) is 0 Å². The summed E-state index contributed by atoms with van der Waals surface area (Å²) in [5.74, 6) is 1.06. The molecule has 2 rings (SSSR count). The third kappa shape index (κ3) is 3.40. The number of benzene rings is 1. The van der Waals surface area contributed by atoms with Crippen LogP contribution in [0.15, 0.2) is 18.2 Å². The molecule has 1 aromatic carbocycles. The van der Waals surface area contributed by atoms with Gasteiger partial charge in [0.15, 0.2) is 0 Å². The maximum absolute atomic E-state index is 12.1. The van der Waals surface area contributed by atoms with Gasteiger partial charge in [-0.25, -0.2) is 0 Å². The Morgan fingerprint density at radius 1 is 1.30 bits per heavy atom. The lowest BCUT2D eigenvalue weighted by Crippen LogP contribution is -2.29. The van der Waals surface area contributed by atoms with Crippen molar-refractivity contribution in [3.8, 4) is 11.5 Å². The number of ether oxygens (including phenoxy) is 3. The number of methoxy groups -OCH3 is 2. The van der Waals surface area contributed by atoms with E-state index in [9.17, 15) is 4.79 Å². The first kappa shape index (κ1) is 14.6. The van der Waals surface area contributed by atoms with Crippen molar-refractivity contribution in [1.82, 2.24) is 0 Å². The number of hydrogen-bond donors (Lipinski definition) is 2. The summed E-state index contributed by atoms with van der Waals surface area (Å²) >= 11 is 0. The molecule has 0 unspecified atom stereocenters. The standard InChI is InChI=1S/C14H20N2O4/c1-18-11-5-9(6-12(7-11)19-2)16-14(17)13-4-3-10(8-15)20-13/h5-7,10,13H,3-4,8,15H2,1-2H3,(H,16,17)/t10-,13+/m1/s1. The highest BCUT2D eigenvalue weighted by atomic mass is 16.5. The molecule has 1 aromatic rings. The molecule has 0 aromatic heterocycles. The molecular formula is C14H20N2O4. The molecule has 6 nitrogen and oxygen atoms in total. The molecule has 3 N–H and O–H groups in total. The van der Waals surface area contributed by atoms with Crippen LogP contribution in [0.3, 0.4) is 0 Å². The zero-order valence-electron chi connectivity index (χ0n) is 11.7. The molecule has 0 radical (unpaired) electrons. The summed E-state index contributed by atoms with van der Waals surface area (Å²) in [6, 6.07) is 5.21. The van der Waals surface area contributed by atoms with Gasteiger partial charge in [-0.2, -0.15) is 0 Å². The van der Waals surface area contributed by atoms with Crippen molar-refractivity contribution in [2.24, 2.45) is 5.73 Å². The van der Waals surface area contributed by atoms with E-state index in [0.717, 1.165) is 6.42 Å². The highest BCUT2D eigenvalue weighted by Crippen LogP contribution is 2.27. The maximum atomic E-state index is 12.1. The number of hydrogen-bond acceptors (Lipinski definition) is 5. The second kappa shape index (κ2) is 6.58. The van der Waals surface area contributed by atoms with Gasteiger partial charge in [-0.15, -0.1) is 0 Å². The van der Waals surface area contributed by atoms with Crippen molar-refractivity contribution in [3.05, 3.63) is 18.2 Å². The Bertz CT molecular complexity index is 456. The van der Waals surface area contributed by atoms with Gasteiger partial charge in [0.25, 0.3) is 5.91 Å². The normalized spacial score (nSPS) is 21.6. The smallest absolute Gasteiger partial charge is 0.253 e. The third-order valence-electron chi connectivity index (χ3n) is 3.28. The first-order chi connectivity index (χ1) is 9.66. The van der Waals surface area contributed by atoms with Gasteiger partial charge in [-0.05, 0) is 12.8 Å². The molecule has 1 aliphatic heterocycles. The minimum Gasteiger partial charge on any atom is -0.497 e. The Morgan fingerprint density at radius 2 is 1.95 bits per heavy atom. The highest BCUT2D eigenvalue weighted by Gasteiger charge is 2.29. The van der Waals surface area contributed by atoms with Crippen LogP contribution in [0.25, 0.3) is 0 Å². The van der Waals surface area contributed by atoms with Gasteiger partial charge >= 0.3 is 0 Å². The van der Waals surface area contributed by atoms with E-state index in [1.54, 1.807) is 32.4 Å². The van der Waals surface area contributed by atoms with Gasteiger partial charge in [0.05, 0.1) is 20.3 Å². The van der Waals surface area contributed by atoms with Crippen LogP contribution in [-0.2, 0) is 9.53 Å². The number of rotatable bonds is 5. The summed E-state index contributed by atoms with van der Waals surface area (Å²) in [6.45, 7) is 0.441. The fourth-order valence-electron chi connectivity index (χ4n) is 2.17. The van der Waals surface area contributed by atoms with Crippen LogP contribution >= 0.6 is 0 Å². The topological polar surface area (TPSA) is 82.8 Å². The van der Waals surface area contributed by atoms with E-state index in [1.807, 2.05) is 0 Å². The quantitative estimate of drug-likeness (QED) is 0.845. The zero-order chi connectivity index (χ0) is 14.5. The summed E-state index contributed by atoms with van der Waals surface area (Å²) in [5.41, 5.74) is 6.15. The van der Waals surface area contributed by atoms with Crippen LogP contribution in [0, 0.1) is 0 Å². The lowest BCUT2D eigenvalue weighted by Gasteiger charge is -2.14. The van der Waals surface area contributed by atoms with Crippen molar-refractivity contribution in [2.75, 3.05) is 26.1 Å². The Morgan fingerprint density at radius 3 is 2.45 bits per heavy atom. The van der Waals surface area contributed by atoms with Gasteiger partial charge in [0.2, 0.25) is 0 Å². The van der Waals surface area contributed by atoms with Gasteiger partial charge in [0.1, 0.15) is 17.6 Å². The van der Waals surface area contributed by atoms with Crippen LogP contribution in [0.5, 0.6) is 11.5 Å². The summed E-state index contributed by atoms with van der Waals surface area (Å²) in [5, 5.41) is 2.81. The summed E-state index contributed by atoms with van der Waals surface area (Å²) < 4.78 is 15.9. The highest BCUT2D eigenvalue weighted by molar-refractivity contribution is 5.94. The van der Waals surface area contributed by atoms with Crippen LogP contribution in [0.1, 0.15) is 12.8 Å². The van der Waals surface area contributed by atoms with Crippen molar-refractivity contribution in [2.45, 2.75) is 25.0 Å². The largest absolute Gasteiger partial charge is 0.497 e. The predicted molar refractivity (Wildman–Crippen MR) is 75.1 cm³/mol. The molecule has 1 saturated heterocycles. The third-order valence-corrected chi connectivity index (χ3v) is 3.28. The molecule has 0 saturated carbocycles. The zero-order valence-corrected chi connectivity index (χ0v) is 11.7. The number of nitrogens with two attached hydrogens (primary N) is 1. The van der Waals surface area contributed by atoms with E-state index in [-0.39, 0.29) is 12.0 Å². The fourth-order valence-corrected chi connectivity index (χ4v) is 2.17. The second-order valence-corrected chi connectivity index (χ2v) is 4.65. The van der Waals surface area contributed by atoms with Gasteiger partial charge in [-0.3, -0.25) is 4.79 Å². The molecule has 0 bridgehead atoms. The summed E-state index contributed by atoms with van der Waals surface area (Å²) in [6.07, 6.45) is 1.04. The molecule has 110 valence electrons. The predicted octanol–water partition coefficient (Wildman–Crippen LogP) is 1.15. The number of amides is 1. The Kier molecular flexibility index (Phi) is 4.81. The fraction of sp³-hybridized carbons (Fsp3) is 0.500. The molecule has 1 fully saturated rings. The monoisotopic (exact) mass is 280 g/mol. The van der Waals surface area contributed by atoms with Crippen molar-refractivity contribution >= 4 is 11.6 Å². The van der Waals surface area contributed by atoms with Crippen LogP contribution < -0.4 is 20.5 Å². The first-order valence-corrected chi connectivity index (χ1v) is 6.55. The number of carbonyl (C=O) groups excluding carboxylic acids is 1. The van der Waals surface area contributed by atoms with E-state index in [2.05, 4.69) is 5.32 Å². The minimum absolute atomic E-state index is 0.0226. The number of nitrogens with one attached hydrogen (secondary N) is 1. The minimum atomic E-state index is -0.444. The van der Waals surface area contributed by atoms with Crippen LogP contribution in [-0.4, -0.2) is 38.9 Å². The van der Waals surface area contributed by atoms with E-state index >= 15 is 0 Å². The Hall–Kier alpha value is -1.79. The van der Waals surface area contributed by atoms with E-state index < -0.39 is 6.10 Å². The first-order valence-electron chi connectivity index (χ1n) is 6.55. The number of anilines is 1. The molecule has 1 aliphatic rings. The maximum Gasteiger partial charge on any atom is 0.253 e. The van der Waals surface area contributed by atoms with Crippen LogP contribution in [0.2, 0.25) is 0 Å². The average Bonchev–Trinajstić information content (AvgIpc) is 2.95. The Balaban J connectivity index is 2.04. The second-order valence-electron chi connectivity index (χ2n) is 4.65. The van der Waals surface area contributed by atoms with Crippen molar-refractivity contribution in [3.63, 3.8) is 0 Å². The molecule has 2 atom stereocenters. The van der Waals surface area contributed by atoms with Crippen molar-refractivity contribution < 1.29 is 19.0 Å². The summed E-state index contributed by atoms with van der Waals surface area (Å²) in [7, 11) is 3.12. The van der Waals surface area contributed by atoms with Gasteiger partial charge < -0.3 is 25.3 Å². The molecule has 1 amide bonds. The molecule has 0 spiro atoms. The molecule has 0 aliphatic carbocycles. The van der Waals surface area contributed by atoms with Crippen LogP contribution in [0.4, 0.5) is 5.69 Å². The SMILES string of the molecule is COc1cc(NC(=O)[C@@H]2CC[C@H](CN)O2)cc(OC)c1. The lowest BCUT2D eigenvalue weighted by atomic mass is 10.2. The van der Waals surface area contributed by atoms with Gasteiger partial charge in [-0.1, -0.05) is 0 Å². The summed E-state index contributed by atoms with van der Waals surface area (Å²) in [4.78, 5) is 12.1. The molecular weight excluding hydrogens is 260 g/mol.